The van der Waals surface area contributed by atoms with E-state index in [9.17, 15) is 14.4 Å². The Kier molecular flexibility index (Phi) is 6.42. The molecular formula is C24H15Cl3N2O4. The van der Waals surface area contributed by atoms with Gasteiger partial charge in [0.25, 0.3) is 11.8 Å². The molecule has 1 heterocycles. The zero-order valence-electron chi connectivity index (χ0n) is 17.1. The van der Waals surface area contributed by atoms with E-state index in [0.717, 1.165) is 10.5 Å². The molecule has 3 aromatic carbocycles. The van der Waals surface area contributed by atoms with Crippen LogP contribution in [0.15, 0.2) is 77.5 Å². The van der Waals surface area contributed by atoms with Crippen LogP contribution in [0.1, 0.15) is 15.9 Å². The molecule has 2 amide bonds. The Morgan fingerprint density at radius 1 is 0.879 bits per heavy atom. The van der Waals surface area contributed by atoms with Crippen molar-refractivity contribution in [1.29, 1.82) is 0 Å². The van der Waals surface area contributed by atoms with E-state index in [2.05, 4.69) is 5.32 Å². The van der Waals surface area contributed by atoms with Gasteiger partial charge in [-0.05, 0) is 61.0 Å². The van der Waals surface area contributed by atoms with Gasteiger partial charge in [0.05, 0.1) is 21.3 Å². The van der Waals surface area contributed by atoms with Gasteiger partial charge in [-0.15, -0.1) is 0 Å². The SMILES string of the molecule is Cc1ccccc1OC(=O)c1ccc(NC2=C(Cl)C(=O)N(c3ccc(Cl)c(Cl)c3)C2=O)cc1. The summed E-state index contributed by atoms with van der Waals surface area (Å²) in [6.45, 7) is 1.84. The first-order valence-electron chi connectivity index (χ1n) is 9.65. The minimum atomic E-state index is -0.694. The molecule has 0 aromatic heterocycles. The topological polar surface area (TPSA) is 75.7 Å². The number of imide groups is 1. The predicted octanol–water partition coefficient (Wildman–Crippen LogP) is 5.96. The van der Waals surface area contributed by atoms with Crippen LogP contribution in [-0.4, -0.2) is 17.8 Å². The normalized spacial score (nSPS) is 13.5. The highest BCUT2D eigenvalue weighted by Crippen LogP contribution is 2.33. The summed E-state index contributed by atoms with van der Waals surface area (Å²) in [5.74, 6) is -1.39. The molecule has 0 bridgehead atoms. The molecule has 166 valence electrons. The van der Waals surface area contributed by atoms with Crippen LogP contribution in [0.25, 0.3) is 0 Å². The predicted molar refractivity (Wildman–Crippen MR) is 128 cm³/mol. The van der Waals surface area contributed by atoms with Crippen LogP contribution in [0.3, 0.4) is 0 Å². The summed E-state index contributed by atoms with van der Waals surface area (Å²) < 4.78 is 5.42. The largest absolute Gasteiger partial charge is 0.423 e. The molecule has 0 atom stereocenters. The van der Waals surface area contributed by atoms with E-state index in [-0.39, 0.29) is 26.5 Å². The van der Waals surface area contributed by atoms with Gasteiger partial charge in [-0.1, -0.05) is 53.0 Å². The van der Waals surface area contributed by atoms with Crippen LogP contribution >= 0.6 is 34.8 Å². The number of anilines is 2. The Morgan fingerprint density at radius 2 is 1.58 bits per heavy atom. The molecule has 33 heavy (non-hydrogen) atoms. The van der Waals surface area contributed by atoms with Crippen molar-refractivity contribution in [1.82, 2.24) is 0 Å². The van der Waals surface area contributed by atoms with Crippen molar-refractivity contribution in [2.75, 3.05) is 10.2 Å². The van der Waals surface area contributed by atoms with Gasteiger partial charge in [0, 0.05) is 5.69 Å². The fourth-order valence-corrected chi connectivity index (χ4v) is 3.64. The van der Waals surface area contributed by atoms with Crippen LogP contribution in [0.2, 0.25) is 10.0 Å². The van der Waals surface area contributed by atoms with E-state index in [4.69, 9.17) is 39.5 Å². The molecule has 0 spiro atoms. The van der Waals surface area contributed by atoms with Gasteiger partial charge in [0.15, 0.2) is 0 Å². The highest BCUT2D eigenvalue weighted by Gasteiger charge is 2.39. The van der Waals surface area contributed by atoms with Crippen molar-refractivity contribution in [2.45, 2.75) is 6.92 Å². The summed E-state index contributed by atoms with van der Waals surface area (Å²) in [7, 11) is 0. The lowest BCUT2D eigenvalue weighted by atomic mass is 10.2. The molecule has 0 radical (unpaired) electrons. The summed E-state index contributed by atoms with van der Waals surface area (Å²) in [6, 6.07) is 17.8. The minimum absolute atomic E-state index is 0.0945. The number of esters is 1. The molecule has 0 fully saturated rings. The number of carbonyl (C=O) groups excluding carboxylic acids is 3. The smallest absolute Gasteiger partial charge is 0.343 e. The number of aryl methyl sites for hydroxylation is 1. The van der Waals surface area contributed by atoms with E-state index < -0.39 is 17.8 Å². The number of ether oxygens (including phenoxy) is 1. The molecule has 0 saturated heterocycles. The number of hydrogen-bond donors (Lipinski definition) is 1. The lowest BCUT2D eigenvalue weighted by molar-refractivity contribution is -0.120. The van der Waals surface area contributed by atoms with E-state index >= 15 is 0 Å². The highest BCUT2D eigenvalue weighted by atomic mass is 35.5. The number of nitrogens with zero attached hydrogens (tertiary/aromatic N) is 1. The number of amides is 2. The Hall–Kier alpha value is -3.32. The van der Waals surface area contributed by atoms with Crippen molar-refractivity contribution in [3.63, 3.8) is 0 Å². The average molecular weight is 502 g/mol. The number of nitrogens with one attached hydrogen (secondary N) is 1. The summed E-state index contributed by atoms with van der Waals surface area (Å²) in [6.07, 6.45) is 0. The van der Waals surface area contributed by atoms with Gasteiger partial charge in [-0.25, -0.2) is 9.69 Å². The number of para-hydroxylation sites is 1. The van der Waals surface area contributed by atoms with Crippen molar-refractivity contribution in [2.24, 2.45) is 0 Å². The summed E-state index contributed by atoms with van der Waals surface area (Å²) in [4.78, 5) is 38.8. The van der Waals surface area contributed by atoms with Gasteiger partial charge in [0.2, 0.25) is 0 Å². The molecule has 9 heteroatoms. The van der Waals surface area contributed by atoms with Gasteiger partial charge >= 0.3 is 5.97 Å². The van der Waals surface area contributed by atoms with Crippen molar-refractivity contribution < 1.29 is 19.1 Å². The number of carbonyl (C=O) groups is 3. The molecular weight excluding hydrogens is 487 g/mol. The van der Waals surface area contributed by atoms with Crippen LogP contribution in [0.5, 0.6) is 5.75 Å². The third-order valence-corrected chi connectivity index (χ3v) is 5.96. The van der Waals surface area contributed by atoms with E-state index in [0.29, 0.717) is 17.0 Å². The quantitative estimate of drug-likeness (QED) is 0.265. The van der Waals surface area contributed by atoms with E-state index in [1.807, 2.05) is 19.1 Å². The Morgan fingerprint density at radius 3 is 2.24 bits per heavy atom. The second-order valence-electron chi connectivity index (χ2n) is 7.09. The number of rotatable bonds is 5. The molecule has 1 aliphatic rings. The Labute approximate surface area is 204 Å². The molecule has 0 aliphatic carbocycles. The maximum Gasteiger partial charge on any atom is 0.343 e. The molecule has 6 nitrogen and oxygen atoms in total. The van der Waals surface area contributed by atoms with Gasteiger partial charge in [-0.2, -0.15) is 0 Å². The highest BCUT2D eigenvalue weighted by molar-refractivity contribution is 6.53. The van der Waals surface area contributed by atoms with Gasteiger partial charge in [0.1, 0.15) is 16.5 Å². The van der Waals surface area contributed by atoms with Crippen molar-refractivity contribution in [3.8, 4) is 5.75 Å². The monoisotopic (exact) mass is 500 g/mol. The summed E-state index contributed by atoms with van der Waals surface area (Å²) in [5.41, 5.74) is 1.75. The molecule has 4 rings (SSSR count). The van der Waals surface area contributed by atoms with Crippen LogP contribution in [-0.2, 0) is 9.59 Å². The molecule has 3 aromatic rings. The van der Waals surface area contributed by atoms with Crippen molar-refractivity contribution >= 4 is 64.0 Å². The standard InChI is InChI=1S/C24H15Cl3N2O4/c1-13-4-2-3-5-19(13)33-24(32)14-6-8-15(9-7-14)28-21-20(27)22(30)29(23(21)31)16-10-11-17(25)18(26)12-16/h2-12,28H,1H3. The summed E-state index contributed by atoms with van der Waals surface area (Å²) in [5, 5.41) is 3.06. The first-order chi connectivity index (χ1) is 15.8. The fraction of sp³-hybridized carbons (Fsp3) is 0.0417. The fourth-order valence-electron chi connectivity index (χ4n) is 3.13. The zero-order chi connectivity index (χ0) is 23.7. The lowest BCUT2D eigenvalue weighted by Gasteiger charge is -2.15. The first kappa shape index (κ1) is 22.9. The van der Waals surface area contributed by atoms with E-state index in [1.165, 1.54) is 30.3 Å². The summed E-state index contributed by atoms with van der Waals surface area (Å²) >= 11 is 18.1. The molecule has 1 aliphatic heterocycles. The van der Waals surface area contributed by atoms with Crippen molar-refractivity contribution in [3.05, 3.63) is 98.6 Å². The zero-order valence-corrected chi connectivity index (χ0v) is 19.3. The van der Waals surface area contributed by atoms with Gasteiger partial charge in [-0.3, -0.25) is 9.59 Å². The maximum absolute atomic E-state index is 12.9. The van der Waals surface area contributed by atoms with Crippen LogP contribution in [0.4, 0.5) is 11.4 Å². The van der Waals surface area contributed by atoms with E-state index in [1.54, 1.807) is 24.3 Å². The van der Waals surface area contributed by atoms with Gasteiger partial charge < -0.3 is 10.1 Å². The number of hydrogen-bond acceptors (Lipinski definition) is 5. The van der Waals surface area contributed by atoms with Crippen LogP contribution in [0, 0.1) is 6.92 Å². The third-order valence-electron chi connectivity index (χ3n) is 4.87. The minimum Gasteiger partial charge on any atom is -0.423 e. The third kappa shape index (κ3) is 4.59. The number of halogens is 3. The molecule has 1 N–H and O–H groups in total. The average Bonchev–Trinajstić information content (AvgIpc) is 3.01. The second-order valence-corrected chi connectivity index (χ2v) is 8.28. The number of benzene rings is 3. The maximum atomic E-state index is 12.9. The lowest BCUT2D eigenvalue weighted by Crippen LogP contribution is -2.32. The van der Waals surface area contributed by atoms with Crippen LogP contribution < -0.4 is 15.0 Å². The Balaban J connectivity index is 1.50. The second kappa shape index (κ2) is 9.27. The molecule has 0 unspecified atom stereocenters. The molecule has 0 saturated carbocycles. The first-order valence-corrected chi connectivity index (χ1v) is 10.8. The Bertz CT molecular complexity index is 1320.